The molecule has 0 bridgehead atoms. The Hall–Kier alpha value is -3.60. The van der Waals surface area contributed by atoms with Crippen LogP contribution in [0, 0.1) is 5.82 Å². The van der Waals surface area contributed by atoms with Gasteiger partial charge in [0.25, 0.3) is 0 Å². The number of carbonyl (C=O) groups excluding carboxylic acids is 1. The fraction of sp³-hybridized carbons (Fsp3) is 0.0455. The molecule has 0 saturated carbocycles. The molecule has 0 aliphatic heterocycles. The third-order valence-corrected chi connectivity index (χ3v) is 4.52. The fourth-order valence-electron chi connectivity index (χ4n) is 3.20. The van der Waals surface area contributed by atoms with Crippen molar-refractivity contribution in [1.29, 1.82) is 0 Å². The van der Waals surface area contributed by atoms with E-state index in [2.05, 4.69) is 4.98 Å². The molecule has 4 nitrogen and oxygen atoms in total. The summed E-state index contributed by atoms with van der Waals surface area (Å²) in [6.07, 6.45) is 0. The Morgan fingerprint density at radius 1 is 0.926 bits per heavy atom. The molecule has 0 fully saturated rings. The molecule has 1 aromatic heterocycles. The summed E-state index contributed by atoms with van der Waals surface area (Å²) in [6, 6.07) is 18.6. The molecule has 0 spiro atoms. The van der Waals surface area contributed by atoms with Gasteiger partial charge in [-0.2, -0.15) is 0 Å². The first kappa shape index (κ1) is 16.8. The zero-order valence-corrected chi connectivity index (χ0v) is 14.5. The Morgan fingerprint density at radius 3 is 2.22 bits per heavy atom. The number of rotatable bonds is 3. The standard InChI is InChI=1S/C22H16FNO3/c1-27-22(26)21-20(14-4-9-17(25)10-5-14)18-11-6-15(12-19(18)24-21)13-2-7-16(23)8-3-13/h2-12,24-25H,1H3. The molecule has 1 heterocycles. The molecular formula is C22H16FNO3. The maximum Gasteiger partial charge on any atom is 0.355 e. The highest BCUT2D eigenvalue weighted by Gasteiger charge is 2.20. The second kappa shape index (κ2) is 6.61. The summed E-state index contributed by atoms with van der Waals surface area (Å²) in [4.78, 5) is 15.4. The first-order valence-electron chi connectivity index (χ1n) is 8.36. The molecule has 0 atom stereocenters. The number of methoxy groups -OCH3 is 1. The number of H-pyrrole nitrogens is 1. The van der Waals surface area contributed by atoms with Crippen LogP contribution in [-0.4, -0.2) is 23.2 Å². The number of nitrogens with one attached hydrogen (secondary N) is 1. The minimum Gasteiger partial charge on any atom is -0.508 e. The Morgan fingerprint density at radius 2 is 1.56 bits per heavy atom. The average Bonchev–Trinajstić information content (AvgIpc) is 3.07. The van der Waals surface area contributed by atoms with Gasteiger partial charge in [0.05, 0.1) is 7.11 Å². The van der Waals surface area contributed by atoms with Crippen LogP contribution >= 0.6 is 0 Å². The number of hydrogen-bond donors (Lipinski definition) is 2. The van der Waals surface area contributed by atoms with Crippen LogP contribution in [0.2, 0.25) is 0 Å². The van der Waals surface area contributed by atoms with E-state index in [1.807, 2.05) is 18.2 Å². The maximum atomic E-state index is 13.2. The lowest BCUT2D eigenvalue weighted by Gasteiger charge is -2.05. The third kappa shape index (κ3) is 3.04. The summed E-state index contributed by atoms with van der Waals surface area (Å²) in [7, 11) is 1.33. The first-order valence-corrected chi connectivity index (χ1v) is 8.36. The van der Waals surface area contributed by atoms with Crippen LogP contribution in [0.1, 0.15) is 10.5 Å². The van der Waals surface area contributed by atoms with Crippen molar-refractivity contribution in [1.82, 2.24) is 4.98 Å². The maximum absolute atomic E-state index is 13.2. The summed E-state index contributed by atoms with van der Waals surface area (Å²) >= 11 is 0. The van der Waals surface area contributed by atoms with Crippen LogP contribution in [0.15, 0.2) is 66.7 Å². The molecule has 0 aliphatic carbocycles. The third-order valence-electron chi connectivity index (χ3n) is 4.52. The zero-order valence-electron chi connectivity index (χ0n) is 14.5. The highest BCUT2D eigenvalue weighted by Crippen LogP contribution is 2.35. The Bertz CT molecular complexity index is 1130. The second-order valence-corrected chi connectivity index (χ2v) is 6.18. The van der Waals surface area contributed by atoms with E-state index in [0.717, 1.165) is 27.6 Å². The number of fused-ring (bicyclic) bond motifs is 1. The van der Waals surface area contributed by atoms with Crippen LogP contribution in [0.25, 0.3) is 33.2 Å². The summed E-state index contributed by atoms with van der Waals surface area (Å²) < 4.78 is 18.1. The van der Waals surface area contributed by atoms with Gasteiger partial charge in [-0.25, -0.2) is 9.18 Å². The summed E-state index contributed by atoms with van der Waals surface area (Å²) in [5.74, 6) is -0.614. The molecule has 0 unspecified atom stereocenters. The van der Waals surface area contributed by atoms with Gasteiger partial charge >= 0.3 is 5.97 Å². The predicted octanol–water partition coefficient (Wildman–Crippen LogP) is 5.13. The first-order chi connectivity index (χ1) is 13.1. The summed E-state index contributed by atoms with van der Waals surface area (Å²) in [5, 5.41) is 10.4. The topological polar surface area (TPSA) is 62.3 Å². The lowest BCUT2D eigenvalue weighted by Crippen LogP contribution is -2.03. The van der Waals surface area contributed by atoms with Gasteiger partial charge in [0.15, 0.2) is 0 Å². The van der Waals surface area contributed by atoms with Gasteiger partial charge in [0.2, 0.25) is 0 Å². The van der Waals surface area contributed by atoms with Gasteiger partial charge in [-0.05, 0) is 47.0 Å². The Balaban J connectivity index is 1.91. The number of aromatic hydroxyl groups is 1. The number of aromatic amines is 1. The minimum atomic E-state index is -0.474. The van der Waals surface area contributed by atoms with E-state index in [0.29, 0.717) is 11.3 Å². The van der Waals surface area contributed by atoms with Gasteiger partial charge in [0.1, 0.15) is 17.3 Å². The number of esters is 1. The van der Waals surface area contributed by atoms with Gasteiger partial charge in [-0.15, -0.1) is 0 Å². The number of benzene rings is 3. The molecule has 0 aliphatic rings. The minimum absolute atomic E-state index is 0.150. The van der Waals surface area contributed by atoms with E-state index in [9.17, 15) is 14.3 Å². The molecule has 134 valence electrons. The SMILES string of the molecule is COC(=O)c1[nH]c2cc(-c3ccc(F)cc3)ccc2c1-c1ccc(O)cc1. The second-order valence-electron chi connectivity index (χ2n) is 6.18. The number of hydrogen-bond acceptors (Lipinski definition) is 3. The van der Waals surface area contributed by atoms with Crippen molar-refractivity contribution in [2.75, 3.05) is 7.11 Å². The van der Waals surface area contributed by atoms with Crippen molar-refractivity contribution in [3.8, 4) is 28.0 Å². The van der Waals surface area contributed by atoms with Crippen LogP contribution in [0.4, 0.5) is 4.39 Å². The zero-order chi connectivity index (χ0) is 19.0. The van der Waals surface area contributed by atoms with Crippen molar-refractivity contribution >= 4 is 16.9 Å². The van der Waals surface area contributed by atoms with Gasteiger partial charge in [-0.1, -0.05) is 36.4 Å². The molecule has 27 heavy (non-hydrogen) atoms. The number of phenolic OH excluding ortho intramolecular Hbond substituents is 1. The van der Waals surface area contributed by atoms with E-state index in [1.54, 1.807) is 36.4 Å². The molecular weight excluding hydrogens is 345 g/mol. The van der Waals surface area contributed by atoms with E-state index < -0.39 is 5.97 Å². The Kier molecular flexibility index (Phi) is 4.12. The highest BCUT2D eigenvalue weighted by atomic mass is 19.1. The molecule has 0 radical (unpaired) electrons. The largest absolute Gasteiger partial charge is 0.508 e. The average molecular weight is 361 g/mol. The fourth-order valence-corrected chi connectivity index (χ4v) is 3.20. The lowest BCUT2D eigenvalue weighted by atomic mass is 9.99. The number of aromatic nitrogens is 1. The van der Waals surface area contributed by atoms with E-state index in [1.165, 1.54) is 19.2 Å². The van der Waals surface area contributed by atoms with Crippen LogP contribution in [0.5, 0.6) is 5.75 Å². The molecule has 4 rings (SSSR count). The van der Waals surface area contributed by atoms with Crippen molar-refractivity contribution in [2.45, 2.75) is 0 Å². The van der Waals surface area contributed by atoms with Crippen molar-refractivity contribution in [3.63, 3.8) is 0 Å². The van der Waals surface area contributed by atoms with Gasteiger partial charge < -0.3 is 14.8 Å². The number of halogens is 1. The molecule has 2 N–H and O–H groups in total. The highest BCUT2D eigenvalue weighted by molar-refractivity contribution is 6.08. The molecule has 5 heteroatoms. The smallest absolute Gasteiger partial charge is 0.355 e. The van der Waals surface area contributed by atoms with Crippen LogP contribution in [-0.2, 0) is 4.74 Å². The number of carbonyl (C=O) groups is 1. The molecule has 3 aromatic carbocycles. The normalized spacial score (nSPS) is 10.9. The molecule has 0 amide bonds. The number of ether oxygens (including phenoxy) is 1. The molecule has 0 saturated heterocycles. The predicted molar refractivity (Wildman–Crippen MR) is 102 cm³/mol. The van der Waals surface area contributed by atoms with Crippen LogP contribution in [0.3, 0.4) is 0 Å². The monoisotopic (exact) mass is 361 g/mol. The van der Waals surface area contributed by atoms with E-state index >= 15 is 0 Å². The van der Waals surface area contributed by atoms with Gasteiger partial charge in [0, 0.05) is 16.5 Å². The molecule has 4 aromatic rings. The summed E-state index contributed by atoms with van der Waals surface area (Å²) in [5.41, 5.74) is 4.38. The van der Waals surface area contributed by atoms with E-state index in [-0.39, 0.29) is 11.6 Å². The van der Waals surface area contributed by atoms with E-state index in [4.69, 9.17) is 4.74 Å². The van der Waals surface area contributed by atoms with Crippen molar-refractivity contribution in [2.24, 2.45) is 0 Å². The van der Waals surface area contributed by atoms with Gasteiger partial charge in [-0.3, -0.25) is 0 Å². The lowest BCUT2D eigenvalue weighted by molar-refractivity contribution is 0.0596. The van der Waals surface area contributed by atoms with Crippen molar-refractivity contribution in [3.05, 3.63) is 78.2 Å². The Labute approximate surface area is 154 Å². The number of phenols is 1. The van der Waals surface area contributed by atoms with Crippen molar-refractivity contribution < 1.29 is 19.0 Å². The van der Waals surface area contributed by atoms with Crippen LogP contribution < -0.4 is 0 Å². The quantitative estimate of drug-likeness (QED) is 0.497. The summed E-state index contributed by atoms with van der Waals surface area (Å²) in [6.45, 7) is 0.